The lowest BCUT2D eigenvalue weighted by Gasteiger charge is -2.01. The zero-order valence-corrected chi connectivity index (χ0v) is 9.05. The predicted octanol–water partition coefficient (Wildman–Crippen LogP) is 2.56. The minimum Gasteiger partial charge on any atom is -0.219 e. The lowest BCUT2D eigenvalue weighted by molar-refractivity contribution is 0.604. The molecule has 14 heavy (non-hydrogen) atoms. The molecule has 0 bridgehead atoms. The standard InChI is InChI=1S/C11H14O2S/c1-3-5-10-6-8-11(9-7-10)14(12,13)4-2/h4,6-9H,2-3,5H2,1H3. The molecule has 0 aliphatic heterocycles. The second-order valence-corrected chi connectivity index (χ2v) is 5.00. The molecule has 0 N–H and O–H groups in total. The van der Waals surface area contributed by atoms with Gasteiger partial charge in [0.05, 0.1) is 4.90 Å². The van der Waals surface area contributed by atoms with Gasteiger partial charge in [-0.05, 0) is 24.1 Å². The number of sulfone groups is 1. The number of hydrogen-bond acceptors (Lipinski definition) is 2. The van der Waals surface area contributed by atoms with E-state index < -0.39 is 9.84 Å². The summed E-state index contributed by atoms with van der Waals surface area (Å²) < 4.78 is 22.7. The van der Waals surface area contributed by atoms with E-state index in [9.17, 15) is 8.42 Å². The van der Waals surface area contributed by atoms with Crippen molar-refractivity contribution in [2.45, 2.75) is 24.7 Å². The van der Waals surface area contributed by atoms with Gasteiger partial charge in [-0.3, -0.25) is 0 Å². The Balaban J connectivity index is 3.00. The van der Waals surface area contributed by atoms with Crippen molar-refractivity contribution >= 4 is 9.84 Å². The number of aryl methyl sites for hydroxylation is 1. The van der Waals surface area contributed by atoms with Crippen molar-refractivity contribution in [1.29, 1.82) is 0 Å². The van der Waals surface area contributed by atoms with Crippen molar-refractivity contribution in [2.75, 3.05) is 0 Å². The first-order valence-corrected chi connectivity index (χ1v) is 6.11. The van der Waals surface area contributed by atoms with Crippen molar-refractivity contribution in [3.8, 4) is 0 Å². The Kier molecular flexibility index (Phi) is 3.47. The molecule has 0 aliphatic rings. The lowest BCUT2D eigenvalue weighted by Crippen LogP contribution is -1.95. The van der Waals surface area contributed by atoms with Crippen LogP contribution < -0.4 is 0 Å². The van der Waals surface area contributed by atoms with E-state index in [1.165, 1.54) is 0 Å². The maximum atomic E-state index is 11.4. The summed E-state index contributed by atoms with van der Waals surface area (Å²) >= 11 is 0. The zero-order chi connectivity index (χ0) is 10.6. The van der Waals surface area contributed by atoms with Crippen molar-refractivity contribution in [1.82, 2.24) is 0 Å². The summed E-state index contributed by atoms with van der Waals surface area (Å²) in [5, 5.41) is 0.974. The van der Waals surface area contributed by atoms with Crippen LogP contribution in [0.1, 0.15) is 18.9 Å². The van der Waals surface area contributed by atoms with E-state index in [0.717, 1.165) is 23.8 Å². The SMILES string of the molecule is C=CS(=O)(=O)c1ccc(CCC)cc1. The largest absolute Gasteiger partial charge is 0.219 e. The molecular weight excluding hydrogens is 196 g/mol. The number of benzene rings is 1. The third kappa shape index (κ3) is 2.45. The molecule has 76 valence electrons. The first-order valence-electron chi connectivity index (χ1n) is 4.56. The molecule has 0 heterocycles. The number of rotatable bonds is 4. The van der Waals surface area contributed by atoms with Crippen molar-refractivity contribution < 1.29 is 8.42 Å². The highest BCUT2D eigenvalue weighted by molar-refractivity contribution is 7.94. The Bertz CT molecular complexity index is 401. The summed E-state index contributed by atoms with van der Waals surface area (Å²) in [6.07, 6.45) is 2.04. The molecule has 1 rings (SSSR count). The van der Waals surface area contributed by atoms with Gasteiger partial charge in [0.15, 0.2) is 9.84 Å². The average molecular weight is 210 g/mol. The Morgan fingerprint density at radius 2 is 1.86 bits per heavy atom. The van der Waals surface area contributed by atoms with Crippen LogP contribution in [0.3, 0.4) is 0 Å². The summed E-state index contributed by atoms with van der Waals surface area (Å²) in [5.74, 6) is 0. The Morgan fingerprint density at radius 3 is 2.29 bits per heavy atom. The lowest BCUT2D eigenvalue weighted by atomic mass is 10.1. The van der Waals surface area contributed by atoms with Crippen molar-refractivity contribution in [3.05, 3.63) is 41.8 Å². The quantitative estimate of drug-likeness (QED) is 0.765. The van der Waals surface area contributed by atoms with E-state index in [1.54, 1.807) is 12.1 Å². The summed E-state index contributed by atoms with van der Waals surface area (Å²) in [6, 6.07) is 6.95. The van der Waals surface area contributed by atoms with Crippen molar-refractivity contribution in [3.63, 3.8) is 0 Å². The van der Waals surface area contributed by atoms with Crippen LogP contribution in [0.15, 0.2) is 41.1 Å². The second-order valence-electron chi connectivity index (χ2n) is 3.11. The van der Waals surface area contributed by atoms with E-state index in [1.807, 2.05) is 12.1 Å². The highest BCUT2D eigenvalue weighted by Crippen LogP contribution is 2.13. The van der Waals surface area contributed by atoms with Gasteiger partial charge in [0.1, 0.15) is 0 Å². The van der Waals surface area contributed by atoms with Crippen LogP contribution in [0.5, 0.6) is 0 Å². The van der Waals surface area contributed by atoms with E-state index in [2.05, 4.69) is 13.5 Å². The van der Waals surface area contributed by atoms with E-state index in [0.29, 0.717) is 4.90 Å². The molecule has 0 amide bonds. The summed E-state index contributed by atoms with van der Waals surface area (Å²) in [7, 11) is -3.27. The molecule has 0 unspecified atom stereocenters. The maximum absolute atomic E-state index is 11.4. The van der Waals surface area contributed by atoms with Crippen LogP contribution in [-0.4, -0.2) is 8.42 Å². The van der Waals surface area contributed by atoms with E-state index in [4.69, 9.17) is 0 Å². The van der Waals surface area contributed by atoms with Gasteiger partial charge in [0.2, 0.25) is 0 Å². The molecule has 0 spiro atoms. The first-order chi connectivity index (χ1) is 6.60. The molecule has 0 aliphatic carbocycles. The van der Waals surface area contributed by atoms with Crippen LogP contribution in [0.25, 0.3) is 0 Å². The normalized spacial score (nSPS) is 11.2. The molecule has 1 aromatic carbocycles. The van der Waals surface area contributed by atoms with Gasteiger partial charge in [-0.2, -0.15) is 0 Å². The van der Waals surface area contributed by atoms with Gasteiger partial charge in [-0.15, -0.1) is 0 Å². The average Bonchev–Trinajstić information content (AvgIpc) is 2.19. The van der Waals surface area contributed by atoms with Gasteiger partial charge < -0.3 is 0 Å². The monoisotopic (exact) mass is 210 g/mol. The highest BCUT2D eigenvalue weighted by atomic mass is 32.2. The summed E-state index contributed by atoms with van der Waals surface area (Å²) in [6.45, 7) is 5.37. The van der Waals surface area contributed by atoms with Gasteiger partial charge in [0.25, 0.3) is 0 Å². The van der Waals surface area contributed by atoms with Gasteiger partial charge in [-0.25, -0.2) is 8.42 Å². The fraction of sp³-hybridized carbons (Fsp3) is 0.273. The fourth-order valence-corrected chi connectivity index (χ4v) is 1.94. The molecule has 0 atom stereocenters. The van der Waals surface area contributed by atoms with Crippen LogP contribution in [0.2, 0.25) is 0 Å². The minimum atomic E-state index is -3.27. The van der Waals surface area contributed by atoms with E-state index >= 15 is 0 Å². The van der Waals surface area contributed by atoms with Crippen LogP contribution in [-0.2, 0) is 16.3 Å². The molecule has 2 nitrogen and oxygen atoms in total. The molecule has 0 saturated heterocycles. The van der Waals surface area contributed by atoms with Gasteiger partial charge in [-0.1, -0.05) is 32.1 Å². The molecule has 0 fully saturated rings. The fourth-order valence-electron chi connectivity index (χ4n) is 1.23. The smallest absolute Gasteiger partial charge is 0.199 e. The topological polar surface area (TPSA) is 34.1 Å². The summed E-state index contributed by atoms with van der Waals surface area (Å²) in [4.78, 5) is 0.312. The molecule has 0 saturated carbocycles. The maximum Gasteiger partial charge on any atom is 0.199 e. The third-order valence-electron chi connectivity index (χ3n) is 2.01. The first kappa shape index (κ1) is 11.0. The predicted molar refractivity (Wildman–Crippen MR) is 57.8 cm³/mol. The highest BCUT2D eigenvalue weighted by Gasteiger charge is 2.07. The summed E-state index contributed by atoms with van der Waals surface area (Å²) in [5.41, 5.74) is 1.16. The molecule has 0 aromatic heterocycles. The van der Waals surface area contributed by atoms with Crippen LogP contribution in [0.4, 0.5) is 0 Å². The number of hydrogen-bond donors (Lipinski definition) is 0. The Morgan fingerprint density at radius 1 is 1.29 bits per heavy atom. The third-order valence-corrected chi connectivity index (χ3v) is 3.38. The Labute approximate surface area is 85.2 Å². The van der Waals surface area contributed by atoms with Gasteiger partial charge >= 0.3 is 0 Å². The van der Waals surface area contributed by atoms with Crippen LogP contribution >= 0.6 is 0 Å². The minimum absolute atomic E-state index is 0.312. The van der Waals surface area contributed by atoms with Crippen molar-refractivity contribution in [2.24, 2.45) is 0 Å². The van der Waals surface area contributed by atoms with E-state index in [-0.39, 0.29) is 0 Å². The molecular formula is C11H14O2S. The zero-order valence-electron chi connectivity index (χ0n) is 8.23. The van der Waals surface area contributed by atoms with Gasteiger partial charge in [0, 0.05) is 5.41 Å². The molecule has 0 radical (unpaired) electrons. The van der Waals surface area contributed by atoms with Crippen LogP contribution in [0, 0.1) is 0 Å². The Hall–Kier alpha value is -1.09. The second kappa shape index (κ2) is 4.42. The molecule has 3 heteroatoms. The molecule has 1 aromatic rings.